The number of carbonyl (C=O) groups excluding carboxylic acids is 5. The molecule has 0 spiro atoms. The van der Waals surface area contributed by atoms with Gasteiger partial charge in [0.1, 0.15) is 5.75 Å². The average molecular weight is 651 g/mol. The van der Waals surface area contributed by atoms with Crippen molar-refractivity contribution in [3.05, 3.63) is 94.0 Å². The zero-order chi connectivity index (χ0) is 34.3. The maximum atomic E-state index is 14.3. The van der Waals surface area contributed by atoms with E-state index >= 15 is 0 Å². The first-order chi connectivity index (χ1) is 21.6. The molecule has 0 heterocycles. The third-order valence-electron chi connectivity index (χ3n) is 6.74. The Balaban J connectivity index is 2.14. The van der Waals surface area contributed by atoms with E-state index in [9.17, 15) is 24.0 Å². The number of nitrogens with zero attached hydrogens (tertiary/aromatic N) is 2. The van der Waals surface area contributed by atoms with Crippen LogP contribution >= 0.6 is 11.8 Å². The number of aryl methyl sites for hydroxylation is 2. The SMILES string of the molecule is COC(=O)C(OC(=O)c1ccc(SC)cc1)OC(=O)N(C(=O)c1cccc(OC)c1C)N(C(=O)c1cc(C)cc(C)c1)C(C)(C)C. The maximum absolute atomic E-state index is 14.3. The highest BCUT2D eigenvalue weighted by atomic mass is 32.2. The van der Waals surface area contributed by atoms with E-state index in [-0.39, 0.29) is 16.7 Å². The van der Waals surface area contributed by atoms with Crippen molar-refractivity contribution in [2.24, 2.45) is 0 Å². The molecule has 0 bridgehead atoms. The molecule has 0 saturated heterocycles. The van der Waals surface area contributed by atoms with Crippen molar-refractivity contribution in [1.82, 2.24) is 10.0 Å². The number of methoxy groups -OCH3 is 2. The molecule has 12 heteroatoms. The monoisotopic (exact) mass is 650 g/mol. The van der Waals surface area contributed by atoms with Gasteiger partial charge in [-0.25, -0.2) is 19.4 Å². The fourth-order valence-corrected chi connectivity index (χ4v) is 5.01. The molecule has 46 heavy (non-hydrogen) atoms. The summed E-state index contributed by atoms with van der Waals surface area (Å²) in [6, 6.07) is 16.1. The summed E-state index contributed by atoms with van der Waals surface area (Å²) in [4.78, 5) is 69.1. The summed E-state index contributed by atoms with van der Waals surface area (Å²) >= 11 is 1.46. The second-order valence-corrected chi connectivity index (χ2v) is 12.2. The largest absolute Gasteiger partial charge is 0.496 e. The predicted octanol–water partition coefficient (Wildman–Crippen LogP) is 6.13. The maximum Gasteiger partial charge on any atom is 0.440 e. The van der Waals surface area contributed by atoms with E-state index in [1.807, 2.05) is 26.2 Å². The van der Waals surface area contributed by atoms with Crippen LogP contribution in [0.2, 0.25) is 0 Å². The van der Waals surface area contributed by atoms with Gasteiger partial charge in [-0.3, -0.25) is 9.59 Å². The van der Waals surface area contributed by atoms with Crippen molar-refractivity contribution in [2.75, 3.05) is 20.5 Å². The highest BCUT2D eigenvalue weighted by Crippen LogP contribution is 2.28. The molecule has 0 N–H and O–H groups in total. The molecule has 0 fully saturated rings. The second-order valence-electron chi connectivity index (χ2n) is 11.3. The standard InChI is InChI=1S/C34H38N2O9S/c1-20-17-21(2)19-24(18-20)28(37)36(34(4,5)6)35(29(38)26-11-10-12-27(42-7)22(26)3)33(41)45-32(31(40)43-8)44-30(39)23-13-15-25(46-9)16-14-23/h10-19,32H,1-9H3. The minimum absolute atomic E-state index is 0.0132. The summed E-state index contributed by atoms with van der Waals surface area (Å²) in [7, 11) is 2.44. The molecule has 3 amide bonds. The van der Waals surface area contributed by atoms with Crippen LogP contribution in [0.3, 0.4) is 0 Å². The molecule has 3 aromatic rings. The first-order valence-corrected chi connectivity index (χ1v) is 15.4. The molecule has 0 aliphatic heterocycles. The predicted molar refractivity (Wildman–Crippen MR) is 172 cm³/mol. The third kappa shape index (κ3) is 8.25. The topological polar surface area (TPSA) is 129 Å². The van der Waals surface area contributed by atoms with E-state index in [1.165, 1.54) is 37.1 Å². The molecule has 11 nitrogen and oxygen atoms in total. The van der Waals surface area contributed by atoms with Gasteiger partial charge in [-0.05, 0) is 96.3 Å². The van der Waals surface area contributed by atoms with Gasteiger partial charge in [0.2, 0.25) is 0 Å². The van der Waals surface area contributed by atoms with Gasteiger partial charge in [-0.1, -0.05) is 23.3 Å². The van der Waals surface area contributed by atoms with Crippen molar-refractivity contribution in [1.29, 1.82) is 0 Å². The van der Waals surface area contributed by atoms with Crippen LogP contribution in [0.1, 0.15) is 68.5 Å². The lowest BCUT2D eigenvalue weighted by molar-refractivity contribution is -0.174. The minimum atomic E-state index is -2.22. The molecule has 0 saturated carbocycles. The molecule has 244 valence electrons. The van der Waals surface area contributed by atoms with Crippen molar-refractivity contribution >= 4 is 41.6 Å². The number of amides is 3. The number of carbonyl (C=O) groups is 5. The normalized spacial score (nSPS) is 11.6. The highest BCUT2D eigenvalue weighted by Gasteiger charge is 2.43. The van der Waals surface area contributed by atoms with Crippen LogP contribution in [0.15, 0.2) is 65.6 Å². The van der Waals surface area contributed by atoms with Crippen LogP contribution in [0, 0.1) is 20.8 Å². The Morgan fingerprint density at radius 1 is 0.783 bits per heavy atom. The molecular weight excluding hydrogens is 612 g/mol. The van der Waals surface area contributed by atoms with Crippen LogP contribution in [0.4, 0.5) is 4.79 Å². The Hall–Kier alpha value is -4.84. The molecule has 0 aliphatic carbocycles. The molecular formula is C34H38N2O9S. The van der Waals surface area contributed by atoms with Gasteiger partial charge in [0.15, 0.2) is 0 Å². The molecule has 0 aliphatic rings. The second kappa shape index (κ2) is 15.0. The summed E-state index contributed by atoms with van der Waals surface area (Å²) in [5.74, 6) is -3.52. The molecule has 1 atom stereocenters. The van der Waals surface area contributed by atoms with Gasteiger partial charge in [-0.2, -0.15) is 0 Å². The van der Waals surface area contributed by atoms with E-state index in [1.54, 1.807) is 64.1 Å². The fourth-order valence-electron chi connectivity index (χ4n) is 4.60. The van der Waals surface area contributed by atoms with E-state index in [0.717, 1.165) is 28.1 Å². The van der Waals surface area contributed by atoms with Crippen molar-refractivity contribution < 1.29 is 42.9 Å². The zero-order valence-electron chi connectivity index (χ0n) is 27.3. The minimum Gasteiger partial charge on any atom is -0.496 e. The van der Waals surface area contributed by atoms with Gasteiger partial charge in [-0.15, -0.1) is 16.8 Å². The lowest BCUT2D eigenvalue weighted by Gasteiger charge is -2.41. The number of ether oxygens (including phenoxy) is 4. The molecule has 3 aromatic carbocycles. The number of esters is 2. The van der Waals surface area contributed by atoms with Crippen molar-refractivity contribution in [3.63, 3.8) is 0 Å². The van der Waals surface area contributed by atoms with Gasteiger partial charge in [0, 0.05) is 21.6 Å². The fraction of sp³-hybridized carbons (Fsp3) is 0.324. The van der Waals surface area contributed by atoms with E-state index < -0.39 is 41.7 Å². The lowest BCUT2D eigenvalue weighted by atomic mass is 10.0. The average Bonchev–Trinajstić information content (AvgIpc) is 3.01. The third-order valence-corrected chi connectivity index (χ3v) is 7.48. The van der Waals surface area contributed by atoms with Crippen LogP contribution in [-0.2, 0) is 19.0 Å². The van der Waals surface area contributed by atoms with Gasteiger partial charge >= 0.3 is 24.3 Å². The Morgan fingerprint density at radius 2 is 1.39 bits per heavy atom. The van der Waals surface area contributed by atoms with Gasteiger partial charge in [0.05, 0.1) is 25.3 Å². The Kier molecular flexibility index (Phi) is 11.6. The zero-order valence-corrected chi connectivity index (χ0v) is 28.1. The molecule has 1 unspecified atom stereocenters. The van der Waals surface area contributed by atoms with Crippen LogP contribution in [0.5, 0.6) is 5.75 Å². The Bertz CT molecular complexity index is 1610. The summed E-state index contributed by atoms with van der Waals surface area (Å²) in [6.45, 7) is 10.1. The van der Waals surface area contributed by atoms with Crippen molar-refractivity contribution in [3.8, 4) is 5.75 Å². The summed E-state index contributed by atoms with van der Waals surface area (Å²) in [5, 5.41) is 1.45. The number of hydrogen-bond acceptors (Lipinski definition) is 10. The first kappa shape index (κ1) is 35.6. The van der Waals surface area contributed by atoms with Crippen LogP contribution in [0.25, 0.3) is 0 Å². The van der Waals surface area contributed by atoms with Gasteiger partial charge in [0.25, 0.3) is 11.8 Å². The van der Waals surface area contributed by atoms with E-state index in [4.69, 9.17) is 18.9 Å². The number of hydrogen-bond donors (Lipinski definition) is 0. The van der Waals surface area contributed by atoms with Crippen LogP contribution < -0.4 is 4.74 Å². The first-order valence-electron chi connectivity index (χ1n) is 14.2. The number of benzene rings is 3. The van der Waals surface area contributed by atoms with Crippen molar-refractivity contribution in [2.45, 2.75) is 58.3 Å². The molecule has 3 rings (SSSR count). The Morgan fingerprint density at radius 3 is 1.91 bits per heavy atom. The summed E-state index contributed by atoms with van der Waals surface area (Å²) in [6.07, 6.45) is -1.82. The van der Waals surface area contributed by atoms with Gasteiger partial charge < -0.3 is 18.9 Å². The number of hydrazine groups is 1. The molecule has 0 radical (unpaired) electrons. The lowest BCUT2D eigenvalue weighted by Crippen LogP contribution is -2.61. The quantitative estimate of drug-likeness (QED) is 0.121. The van der Waals surface area contributed by atoms with E-state index in [0.29, 0.717) is 16.3 Å². The van der Waals surface area contributed by atoms with Crippen LogP contribution in [-0.4, -0.2) is 72.2 Å². The number of imide groups is 1. The smallest absolute Gasteiger partial charge is 0.440 e. The number of thioether (sulfide) groups is 1. The molecule has 0 aromatic heterocycles. The summed E-state index contributed by atoms with van der Waals surface area (Å²) in [5.41, 5.74) is 1.03. The Labute approximate surface area is 272 Å². The number of rotatable bonds is 8. The summed E-state index contributed by atoms with van der Waals surface area (Å²) < 4.78 is 20.7. The highest BCUT2D eigenvalue weighted by molar-refractivity contribution is 7.98. The van der Waals surface area contributed by atoms with E-state index in [2.05, 4.69) is 0 Å².